The number of nitrogens with zero attached hydrogens (tertiary/aromatic N) is 6. The summed E-state index contributed by atoms with van der Waals surface area (Å²) in [6, 6.07) is 7.30. The van der Waals surface area contributed by atoms with Gasteiger partial charge in [-0.1, -0.05) is 39.8 Å². The Kier molecular flexibility index (Phi) is 13.7. The van der Waals surface area contributed by atoms with Gasteiger partial charge in [0, 0.05) is 39.3 Å². The van der Waals surface area contributed by atoms with Crippen molar-refractivity contribution < 1.29 is 46.6 Å². The van der Waals surface area contributed by atoms with Crippen molar-refractivity contribution in [2.75, 3.05) is 45.2 Å². The number of likely N-dealkylation sites (N-methyl/N-ethyl adjacent to an activating group) is 1. The number of carbonyl (C=O) groups is 4. The fourth-order valence-electron chi connectivity index (χ4n) is 11.6. The van der Waals surface area contributed by atoms with E-state index in [9.17, 15) is 24.3 Å². The Morgan fingerprint density at radius 2 is 1.34 bits per heavy atom. The lowest BCUT2D eigenvalue weighted by Gasteiger charge is -2.35. The average molecular weight is 987 g/mol. The summed E-state index contributed by atoms with van der Waals surface area (Å²) in [5.74, 6) is -6.00. The molecule has 4 amide bonds. The Balaban J connectivity index is 1.07. The third-order valence-corrected chi connectivity index (χ3v) is 15.2. The largest absolute Gasteiger partial charge is 0.465 e. The molecule has 0 bridgehead atoms. The van der Waals surface area contributed by atoms with Crippen LogP contribution in [0, 0.1) is 35.1 Å². The molecule has 4 aliphatic heterocycles. The number of amides is 4. The molecule has 9 rings (SSSR count). The molecule has 2 aromatic heterocycles. The van der Waals surface area contributed by atoms with E-state index in [0.29, 0.717) is 96.5 Å². The standard InChI is InChI=1S/C51H62F4N10O6/c1-26(2)42(60-49(68)71-6)47(66)64-22-10-12-35(64)45-56-31-16-14-28(24-33(31)58-45)30-18-19-51(61-30,37-38(52)40(54)44(41(55)39(37)53)63-20-8-7-9-21-63)29-15-17-32-34(25-29)59-46(57-32)36-13-11-23-65(36)48(67)43(27(3)4)62(5)50(69)70/h14-17,24-27,30,35-36,42-43,61H,7-13,18-23H2,1-6H3,(H,56,58)(H,57,59)(H,60,68)(H,69,70)/t30-,35+,36+,42+,43+,51-/m1/s1. The van der Waals surface area contributed by atoms with Crippen LogP contribution >= 0.6 is 0 Å². The molecular formula is C51H62F4N10O6. The molecule has 4 fully saturated rings. The summed E-state index contributed by atoms with van der Waals surface area (Å²) in [6.45, 7) is 8.63. The van der Waals surface area contributed by atoms with Gasteiger partial charge in [-0.25, -0.2) is 37.1 Å². The van der Waals surface area contributed by atoms with Crippen molar-refractivity contribution >= 4 is 51.8 Å². The second-order valence-electron chi connectivity index (χ2n) is 20.2. The van der Waals surface area contributed by atoms with Gasteiger partial charge >= 0.3 is 12.2 Å². The Hall–Kier alpha value is -6.44. The van der Waals surface area contributed by atoms with Crippen molar-refractivity contribution in [2.45, 2.75) is 121 Å². The molecular weight excluding hydrogens is 925 g/mol. The number of rotatable bonds is 12. The van der Waals surface area contributed by atoms with Crippen LogP contribution < -0.4 is 15.5 Å². The topological polar surface area (TPSA) is 192 Å². The number of aromatic nitrogens is 4. The maximum absolute atomic E-state index is 17.0. The van der Waals surface area contributed by atoms with Crippen LogP contribution in [0.2, 0.25) is 0 Å². The molecule has 71 heavy (non-hydrogen) atoms. The number of hydrogen-bond acceptors (Lipinski definition) is 9. The zero-order valence-corrected chi connectivity index (χ0v) is 40.9. The minimum atomic E-state index is -1.80. The molecule has 0 saturated carbocycles. The number of hydrogen-bond donors (Lipinski definition) is 5. The number of nitrogens with one attached hydrogen (secondary N) is 4. The van der Waals surface area contributed by atoms with Gasteiger partial charge in [0.1, 0.15) is 29.4 Å². The van der Waals surface area contributed by atoms with Gasteiger partial charge in [-0.3, -0.25) is 19.8 Å². The van der Waals surface area contributed by atoms with Crippen LogP contribution in [-0.4, -0.2) is 116 Å². The van der Waals surface area contributed by atoms with E-state index in [1.807, 2.05) is 32.0 Å². The highest BCUT2D eigenvalue weighted by Crippen LogP contribution is 2.49. The molecule has 0 unspecified atom stereocenters. The Morgan fingerprint density at radius 1 is 0.761 bits per heavy atom. The fraction of sp³-hybridized carbons (Fsp3) is 0.529. The summed E-state index contributed by atoms with van der Waals surface area (Å²) in [5.41, 5.74) is -0.0463. The predicted octanol–water partition coefficient (Wildman–Crippen LogP) is 8.70. The summed E-state index contributed by atoms with van der Waals surface area (Å²) >= 11 is 0. The highest BCUT2D eigenvalue weighted by molar-refractivity contribution is 5.87. The van der Waals surface area contributed by atoms with E-state index < -0.39 is 82.5 Å². The van der Waals surface area contributed by atoms with Crippen molar-refractivity contribution in [1.82, 2.24) is 45.3 Å². The van der Waals surface area contributed by atoms with E-state index in [1.165, 1.54) is 19.1 Å². The van der Waals surface area contributed by atoms with Crippen LogP contribution in [0.3, 0.4) is 0 Å². The number of aromatic amines is 2. The van der Waals surface area contributed by atoms with Crippen LogP contribution in [0.15, 0.2) is 36.4 Å². The molecule has 0 spiro atoms. The van der Waals surface area contributed by atoms with Gasteiger partial charge in [0.25, 0.3) is 0 Å². The normalized spacial score (nSPS) is 22.5. The molecule has 5 aromatic rings. The zero-order valence-electron chi connectivity index (χ0n) is 40.9. The van der Waals surface area contributed by atoms with Crippen molar-refractivity contribution in [2.24, 2.45) is 11.8 Å². The molecule has 4 aliphatic rings. The van der Waals surface area contributed by atoms with Crippen molar-refractivity contribution in [3.63, 3.8) is 0 Å². The van der Waals surface area contributed by atoms with Crippen molar-refractivity contribution in [3.05, 3.63) is 88.0 Å². The number of halogens is 4. The van der Waals surface area contributed by atoms with Gasteiger partial charge < -0.3 is 39.8 Å². The van der Waals surface area contributed by atoms with E-state index in [-0.39, 0.29) is 43.2 Å². The molecule has 4 saturated heterocycles. The molecule has 6 atom stereocenters. The smallest absolute Gasteiger partial charge is 0.407 e. The second-order valence-corrected chi connectivity index (χ2v) is 20.2. The number of H-pyrrole nitrogens is 2. The van der Waals surface area contributed by atoms with Gasteiger partial charge in [-0.05, 0) is 105 Å². The lowest BCUT2D eigenvalue weighted by molar-refractivity contribution is -0.138. The number of anilines is 1. The van der Waals surface area contributed by atoms with Gasteiger partial charge in [0.05, 0.1) is 52.4 Å². The first-order chi connectivity index (χ1) is 33.9. The van der Waals surface area contributed by atoms with Gasteiger partial charge in [0.15, 0.2) is 23.3 Å². The third-order valence-electron chi connectivity index (χ3n) is 15.2. The summed E-state index contributed by atoms with van der Waals surface area (Å²) in [4.78, 5) is 74.2. The Morgan fingerprint density at radius 3 is 1.90 bits per heavy atom. The summed E-state index contributed by atoms with van der Waals surface area (Å²) < 4.78 is 71.9. The summed E-state index contributed by atoms with van der Waals surface area (Å²) in [5, 5.41) is 15.9. The molecule has 20 heteroatoms. The number of alkyl carbamates (subject to hydrolysis) is 1. The lowest BCUT2D eigenvalue weighted by atomic mass is 9.80. The lowest BCUT2D eigenvalue weighted by Crippen LogP contribution is -2.51. The van der Waals surface area contributed by atoms with Crippen LogP contribution in [-0.2, 0) is 19.9 Å². The number of imidazole rings is 2. The molecule has 380 valence electrons. The molecule has 16 nitrogen and oxygen atoms in total. The molecule has 0 radical (unpaired) electrons. The first kappa shape index (κ1) is 49.5. The number of fused-ring (bicyclic) bond motifs is 2. The van der Waals surface area contributed by atoms with Crippen LogP contribution in [0.1, 0.15) is 132 Å². The van der Waals surface area contributed by atoms with E-state index in [4.69, 9.17) is 14.7 Å². The van der Waals surface area contributed by atoms with Crippen molar-refractivity contribution in [1.29, 1.82) is 0 Å². The molecule has 5 N–H and O–H groups in total. The monoisotopic (exact) mass is 986 g/mol. The van der Waals surface area contributed by atoms with E-state index in [1.54, 1.807) is 41.8 Å². The maximum atomic E-state index is 17.0. The first-order valence-electron chi connectivity index (χ1n) is 24.7. The highest BCUT2D eigenvalue weighted by atomic mass is 19.2. The number of benzene rings is 3. The Labute approximate surface area is 408 Å². The Bertz CT molecular complexity index is 2840. The van der Waals surface area contributed by atoms with E-state index in [0.717, 1.165) is 17.7 Å². The zero-order chi connectivity index (χ0) is 50.6. The van der Waals surface area contributed by atoms with E-state index in [2.05, 4.69) is 20.6 Å². The van der Waals surface area contributed by atoms with Crippen LogP contribution in [0.5, 0.6) is 0 Å². The number of likely N-dealkylation sites (tertiary alicyclic amines) is 2. The fourth-order valence-corrected chi connectivity index (χ4v) is 11.6. The average Bonchev–Trinajstić information content (AvgIpc) is 4.22. The van der Waals surface area contributed by atoms with Crippen molar-refractivity contribution in [3.8, 4) is 0 Å². The van der Waals surface area contributed by atoms with Gasteiger partial charge in [-0.15, -0.1) is 0 Å². The number of carbonyl (C=O) groups excluding carboxylic acids is 3. The number of methoxy groups -OCH3 is 1. The third kappa shape index (κ3) is 8.89. The second kappa shape index (κ2) is 19.6. The van der Waals surface area contributed by atoms with Gasteiger partial charge in [-0.2, -0.15) is 0 Å². The van der Waals surface area contributed by atoms with Crippen LogP contribution in [0.4, 0.5) is 32.8 Å². The summed E-state index contributed by atoms with van der Waals surface area (Å²) in [7, 11) is 2.62. The van der Waals surface area contributed by atoms with E-state index >= 15 is 17.6 Å². The highest BCUT2D eigenvalue weighted by Gasteiger charge is 2.49. The maximum Gasteiger partial charge on any atom is 0.407 e. The SMILES string of the molecule is COC(=O)N[C@H](C(=O)N1CCC[C@H]1c1nc2ccc([C@H]3CC[C@@](c4ccc5nc([C@@H]6CCCN6C(=O)[C@H](C(C)C)N(C)C(=O)O)[nH]c5c4)(c4c(F)c(F)c(N5CCCCC5)c(F)c4F)N3)cc2[nH]1)C(C)C. The number of piperidine rings is 1. The number of carboxylic acid groups (broad SMARTS) is 1. The summed E-state index contributed by atoms with van der Waals surface area (Å²) in [6.07, 6.45) is 3.05. The predicted molar refractivity (Wildman–Crippen MR) is 256 cm³/mol. The minimum Gasteiger partial charge on any atom is -0.465 e. The molecule has 6 heterocycles. The first-order valence-corrected chi connectivity index (χ1v) is 24.7. The molecule has 0 aliphatic carbocycles. The minimum absolute atomic E-state index is 0.0283. The van der Waals surface area contributed by atoms with Gasteiger partial charge in [0.2, 0.25) is 11.8 Å². The molecule has 3 aromatic carbocycles. The quantitative estimate of drug-likeness (QED) is 0.0597. The van der Waals surface area contributed by atoms with Crippen LogP contribution in [0.25, 0.3) is 22.1 Å². The number of ether oxygens (including phenoxy) is 1.